The maximum atomic E-state index is 13.4. The Bertz CT molecular complexity index is 710. The second-order valence-electron chi connectivity index (χ2n) is 8.49. The van der Waals surface area contributed by atoms with Crippen molar-refractivity contribution in [2.24, 2.45) is 11.3 Å². The van der Waals surface area contributed by atoms with Crippen LogP contribution in [-0.4, -0.2) is 70.6 Å². The molecule has 0 aliphatic carbocycles. The number of hydrogen-bond acceptors (Lipinski definition) is 4. The minimum Gasteiger partial charge on any atom is -0.380 e. The van der Waals surface area contributed by atoms with Gasteiger partial charge < -0.3 is 19.1 Å². The van der Waals surface area contributed by atoms with Crippen molar-refractivity contribution in [1.29, 1.82) is 0 Å². The van der Waals surface area contributed by atoms with Crippen molar-refractivity contribution >= 4 is 11.8 Å². The molecular formula is C21H32N4O3. The van der Waals surface area contributed by atoms with Gasteiger partial charge in [-0.3, -0.25) is 9.59 Å². The van der Waals surface area contributed by atoms with Crippen LogP contribution in [0, 0.1) is 11.3 Å². The molecule has 2 amide bonds. The molecule has 0 unspecified atom stereocenters. The first-order valence-electron chi connectivity index (χ1n) is 10.8. The Morgan fingerprint density at radius 3 is 2.75 bits per heavy atom. The Hall–Kier alpha value is -1.89. The molecule has 3 aliphatic rings. The number of ether oxygens (including phenoxy) is 1. The van der Waals surface area contributed by atoms with Gasteiger partial charge >= 0.3 is 0 Å². The third-order valence-corrected chi connectivity index (χ3v) is 6.73. The number of nitrogens with zero attached hydrogens (tertiary/aromatic N) is 4. The highest BCUT2D eigenvalue weighted by atomic mass is 16.5. The van der Waals surface area contributed by atoms with E-state index in [0.717, 1.165) is 38.2 Å². The second-order valence-corrected chi connectivity index (χ2v) is 8.49. The molecule has 4 rings (SSSR count). The fraction of sp³-hybridized carbons (Fsp3) is 0.762. The van der Waals surface area contributed by atoms with Crippen LogP contribution in [0.3, 0.4) is 0 Å². The summed E-state index contributed by atoms with van der Waals surface area (Å²) in [6.07, 6.45) is 9.60. The lowest BCUT2D eigenvalue weighted by atomic mass is 9.79. The smallest absolute Gasteiger partial charge is 0.233 e. The summed E-state index contributed by atoms with van der Waals surface area (Å²) in [6, 6.07) is 0. The number of carbonyl (C=O) groups is 2. The Morgan fingerprint density at radius 2 is 2.00 bits per heavy atom. The van der Waals surface area contributed by atoms with Crippen LogP contribution >= 0.6 is 0 Å². The summed E-state index contributed by atoms with van der Waals surface area (Å²) in [7, 11) is 0. The highest BCUT2D eigenvalue weighted by Gasteiger charge is 2.57. The van der Waals surface area contributed by atoms with Gasteiger partial charge in [-0.25, -0.2) is 4.98 Å². The molecule has 7 nitrogen and oxygen atoms in total. The first kappa shape index (κ1) is 19.4. The topological polar surface area (TPSA) is 67.7 Å². The lowest BCUT2D eigenvalue weighted by Crippen LogP contribution is -2.49. The Kier molecular flexibility index (Phi) is 5.71. The molecule has 0 bridgehead atoms. The van der Waals surface area contributed by atoms with Crippen molar-refractivity contribution in [2.45, 2.75) is 52.0 Å². The molecule has 154 valence electrons. The summed E-state index contributed by atoms with van der Waals surface area (Å²) >= 11 is 0. The molecule has 0 spiro atoms. The van der Waals surface area contributed by atoms with Gasteiger partial charge in [-0.2, -0.15) is 0 Å². The number of hydrogen-bond donors (Lipinski definition) is 0. The van der Waals surface area contributed by atoms with Gasteiger partial charge in [-0.1, -0.05) is 19.8 Å². The van der Waals surface area contributed by atoms with Crippen molar-refractivity contribution < 1.29 is 14.3 Å². The van der Waals surface area contributed by atoms with Gasteiger partial charge in [0.15, 0.2) is 0 Å². The molecule has 3 fully saturated rings. The maximum absolute atomic E-state index is 13.4. The largest absolute Gasteiger partial charge is 0.380 e. The zero-order valence-electron chi connectivity index (χ0n) is 16.9. The van der Waals surface area contributed by atoms with Crippen LogP contribution in [0.4, 0.5) is 0 Å². The number of aromatic nitrogens is 2. The van der Waals surface area contributed by atoms with Crippen LogP contribution in [0.25, 0.3) is 0 Å². The number of amides is 2. The second kappa shape index (κ2) is 8.23. The summed E-state index contributed by atoms with van der Waals surface area (Å²) in [5.41, 5.74) is -0.524. The third kappa shape index (κ3) is 3.56. The van der Waals surface area contributed by atoms with Crippen LogP contribution in [0.15, 0.2) is 12.4 Å². The standard InChI is InChI=1S/C21H32N4O3/c1-2-18-22-8-12-23(18)11-7-19(26)25-13-17-14-28-16-21(17,15-25)20(27)24-9-5-3-4-6-10-24/h8,12,17H,2-7,9-11,13-16H2,1H3/t17-,21-/m1/s1. The molecule has 3 aliphatic heterocycles. The first-order chi connectivity index (χ1) is 13.6. The quantitative estimate of drug-likeness (QED) is 0.770. The Morgan fingerprint density at radius 1 is 1.21 bits per heavy atom. The summed E-state index contributed by atoms with van der Waals surface area (Å²) in [6.45, 7) is 6.61. The number of likely N-dealkylation sites (tertiary alicyclic amines) is 2. The molecule has 28 heavy (non-hydrogen) atoms. The minimum absolute atomic E-state index is 0.131. The first-order valence-corrected chi connectivity index (χ1v) is 10.8. The third-order valence-electron chi connectivity index (χ3n) is 6.73. The van der Waals surface area contributed by atoms with E-state index in [1.54, 1.807) is 6.20 Å². The molecule has 0 aromatic carbocycles. The molecule has 7 heteroatoms. The van der Waals surface area contributed by atoms with Gasteiger partial charge in [0.05, 0.1) is 18.6 Å². The molecule has 3 saturated heterocycles. The number of imidazole rings is 1. The van der Waals surface area contributed by atoms with Crippen LogP contribution in [-0.2, 0) is 27.3 Å². The van der Waals surface area contributed by atoms with Gasteiger partial charge in [0.25, 0.3) is 0 Å². The van der Waals surface area contributed by atoms with E-state index >= 15 is 0 Å². The summed E-state index contributed by atoms with van der Waals surface area (Å²) in [5.74, 6) is 1.49. The molecule has 2 atom stereocenters. The predicted octanol–water partition coefficient (Wildman–Crippen LogP) is 1.71. The van der Waals surface area contributed by atoms with Gasteiger partial charge in [0.1, 0.15) is 5.82 Å². The maximum Gasteiger partial charge on any atom is 0.233 e. The van der Waals surface area contributed by atoms with E-state index in [2.05, 4.69) is 16.5 Å². The zero-order valence-corrected chi connectivity index (χ0v) is 16.9. The van der Waals surface area contributed by atoms with Crippen molar-refractivity contribution in [2.75, 3.05) is 39.4 Å². The van der Waals surface area contributed by atoms with Crippen LogP contribution in [0.5, 0.6) is 0 Å². The van der Waals surface area contributed by atoms with Gasteiger partial charge in [-0.15, -0.1) is 0 Å². The van der Waals surface area contributed by atoms with Crippen LogP contribution in [0.1, 0.15) is 44.9 Å². The summed E-state index contributed by atoms with van der Waals surface area (Å²) in [5, 5.41) is 0. The van der Waals surface area contributed by atoms with Crippen molar-refractivity contribution in [3.05, 3.63) is 18.2 Å². The molecule has 1 aromatic heterocycles. The van der Waals surface area contributed by atoms with E-state index in [-0.39, 0.29) is 17.7 Å². The van der Waals surface area contributed by atoms with Crippen LogP contribution < -0.4 is 0 Å². The molecule has 4 heterocycles. The highest BCUT2D eigenvalue weighted by molar-refractivity contribution is 5.86. The van der Waals surface area contributed by atoms with Crippen molar-refractivity contribution in [1.82, 2.24) is 19.4 Å². The molecule has 0 N–H and O–H groups in total. The molecular weight excluding hydrogens is 356 g/mol. The van der Waals surface area contributed by atoms with E-state index in [1.807, 2.05) is 16.0 Å². The zero-order chi connectivity index (χ0) is 19.6. The highest BCUT2D eigenvalue weighted by Crippen LogP contribution is 2.43. The number of fused-ring (bicyclic) bond motifs is 1. The average molecular weight is 389 g/mol. The lowest BCUT2D eigenvalue weighted by Gasteiger charge is -2.32. The van der Waals surface area contributed by atoms with E-state index in [4.69, 9.17) is 4.74 Å². The fourth-order valence-corrected chi connectivity index (χ4v) is 5.05. The van der Waals surface area contributed by atoms with Gasteiger partial charge in [-0.05, 0) is 12.8 Å². The number of rotatable bonds is 5. The summed E-state index contributed by atoms with van der Waals surface area (Å²) in [4.78, 5) is 34.6. The number of carbonyl (C=O) groups excluding carboxylic acids is 2. The molecule has 0 radical (unpaired) electrons. The normalized spacial score (nSPS) is 27.7. The van der Waals surface area contributed by atoms with Crippen LogP contribution in [0.2, 0.25) is 0 Å². The average Bonchev–Trinajstić information content (AvgIpc) is 3.34. The Balaban J connectivity index is 1.41. The van der Waals surface area contributed by atoms with Crippen molar-refractivity contribution in [3.63, 3.8) is 0 Å². The van der Waals surface area contributed by atoms with Gasteiger partial charge in [0.2, 0.25) is 11.8 Å². The van der Waals surface area contributed by atoms with E-state index in [0.29, 0.717) is 39.3 Å². The molecule has 1 aromatic rings. The fourth-order valence-electron chi connectivity index (χ4n) is 5.05. The SMILES string of the molecule is CCc1nccn1CCC(=O)N1C[C@@H]2COC[C@]2(C(=O)N2CCCCCC2)C1. The predicted molar refractivity (Wildman–Crippen MR) is 105 cm³/mol. The molecule has 0 saturated carbocycles. The monoisotopic (exact) mass is 388 g/mol. The Labute approximate surface area is 167 Å². The van der Waals surface area contributed by atoms with E-state index in [9.17, 15) is 9.59 Å². The van der Waals surface area contributed by atoms with Crippen molar-refractivity contribution in [3.8, 4) is 0 Å². The lowest BCUT2D eigenvalue weighted by molar-refractivity contribution is -0.143. The summed E-state index contributed by atoms with van der Waals surface area (Å²) < 4.78 is 7.79. The number of aryl methyl sites for hydroxylation is 2. The van der Waals surface area contributed by atoms with E-state index in [1.165, 1.54) is 12.8 Å². The minimum atomic E-state index is -0.524. The van der Waals surface area contributed by atoms with Gasteiger partial charge in [0, 0.05) is 63.9 Å². The van der Waals surface area contributed by atoms with E-state index < -0.39 is 5.41 Å².